The molecular formula is C15H18N4O5. The number of nitrogens with zero attached hydrogens (tertiary/aromatic N) is 3. The number of benzene rings is 1. The van der Waals surface area contributed by atoms with E-state index in [-0.39, 0.29) is 18.8 Å². The van der Waals surface area contributed by atoms with Crippen molar-refractivity contribution in [3.05, 3.63) is 24.3 Å². The molecule has 0 aromatic heterocycles. The van der Waals surface area contributed by atoms with E-state index in [2.05, 4.69) is 5.43 Å². The zero-order chi connectivity index (χ0) is 17.9. The molecule has 1 aliphatic rings. The lowest BCUT2D eigenvalue weighted by Crippen LogP contribution is -2.60. The number of hydrogen-bond donors (Lipinski definition) is 2. The number of urea groups is 1. The van der Waals surface area contributed by atoms with Crippen molar-refractivity contribution in [1.82, 2.24) is 15.2 Å². The maximum Gasteiger partial charge on any atom is 0.343 e. The molecule has 1 aromatic carbocycles. The molecule has 1 fully saturated rings. The summed E-state index contributed by atoms with van der Waals surface area (Å²) in [4.78, 5) is 50.0. The molecule has 9 nitrogen and oxygen atoms in total. The van der Waals surface area contributed by atoms with Gasteiger partial charge in [-0.1, -0.05) is 0 Å². The van der Waals surface area contributed by atoms with Crippen LogP contribution in [-0.2, 0) is 14.4 Å². The normalized spacial score (nSPS) is 14.6. The number of carbonyl (C=O) groups excluding carboxylic acids is 4. The lowest BCUT2D eigenvalue weighted by Gasteiger charge is -2.33. The van der Waals surface area contributed by atoms with Gasteiger partial charge in [0.2, 0.25) is 5.91 Å². The minimum Gasteiger partial charge on any atom is -0.508 e. The van der Waals surface area contributed by atoms with E-state index in [0.29, 0.717) is 12.2 Å². The van der Waals surface area contributed by atoms with E-state index in [1.54, 1.807) is 6.92 Å². The van der Waals surface area contributed by atoms with Gasteiger partial charge in [0.05, 0.1) is 5.69 Å². The van der Waals surface area contributed by atoms with E-state index < -0.39 is 23.8 Å². The molecule has 5 amide bonds. The molecule has 0 radical (unpaired) electrons. The Hall–Kier alpha value is -3.10. The SMILES string of the molecule is CCN1CCN(C(=O)NN(C(C)=O)c2ccc(O)cc2)C(=O)C1=O. The molecule has 2 N–H and O–H groups in total. The number of hydrazine groups is 1. The summed E-state index contributed by atoms with van der Waals surface area (Å²) in [6, 6.07) is 4.70. The number of hydrogen-bond acceptors (Lipinski definition) is 5. The number of carbonyl (C=O) groups is 4. The van der Waals surface area contributed by atoms with E-state index in [1.807, 2.05) is 0 Å². The third kappa shape index (κ3) is 3.45. The minimum atomic E-state index is -0.935. The Morgan fingerprint density at radius 1 is 1.17 bits per heavy atom. The molecule has 24 heavy (non-hydrogen) atoms. The van der Waals surface area contributed by atoms with Crippen molar-refractivity contribution in [2.75, 3.05) is 24.6 Å². The van der Waals surface area contributed by atoms with E-state index in [9.17, 15) is 24.3 Å². The first kappa shape index (κ1) is 17.3. The van der Waals surface area contributed by atoms with Crippen LogP contribution in [0.15, 0.2) is 24.3 Å². The lowest BCUT2D eigenvalue weighted by molar-refractivity contribution is -0.153. The summed E-state index contributed by atoms with van der Waals surface area (Å²) in [6.45, 7) is 3.64. The fourth-order valence-electron chi connectivity index (χ4n) is 2.25. The first-order chi connectivity index (χ1) is 11.3. The molecule has 128 valence electrons. The van der Waals surface area contributed by atoms with Crippen molar-refractivity contribution in [3.8, 4) is 5.75 Å². The Morgan fingerprint density at radius 2 is 1.79 bits per heavy atom. The molecule has 1 aromatic rings. The number of anilines is 1. The van der Waals surface area contributed by atoms with Gasteiger partial charge < -0.3 is 10.0 Å². The molecular weight excluding hydrogens is 316 g/mol. The van der Waals surface area contributed by atoms with Gasteiger partial charge >= 0.3 is 17.8 Å². The van der Waals surface area contributed by atoms with Crippen molar-refractivity contribution in [3.63, 3.8) is 0 Å². The molecule has 0 unspecified atom stereocenters. The van der Waals surface area contributed by atoms with Crippen LogP contribution in [0.2, 0.25) is 0 Å². The van der Waals surface area contributed by atoms with Gasteiger partial charge in [-0.25, -0.2) is 15.2 Å². The molecule has 1 heterocycles. The first-order valence-corrected chi connectivity index (χ1v) is 7.36. The highest BCUT2D eigenvalue weighted by atomic mass is 16.3. The van der Waals surface area contributed by atoms with Crippen molar-refractivity contribution in [2.45, 2.75) is 13.8 Å². The summed E-state index contributed by atoms with van der Waals surface area (Å²) in [7, 11) is 0. The Bertz CT molecular complexity index is 673. The van der Waals surface area contributed by atoms with Gasteiger partial charge in [-0.05, 0) is 31.2 Å². The third-order valence-electron chi connectivity index (χ3n) is 3.57. The molecule has 0 bridgehead atoms. The van der Waals surface area contributed by atoms with Crippen LogP contribution in [0.4, 0.5) is 10.5 Å². The molecule has 2 rings (SSSR count). The summed E-state index contributed by atoms with van der Waals surface area (Å²) in [5.74, 6) is -2.18. The van der Waals surface area contributed by atoms with Gasteiger partial charge in [0.1, 0.15) is 5.75 Å². The summed E-state index contributed by atoms with van der Waals surface area (Å²) in [5.41, 5.74) is 2.61. The number of imide groups is 1. The number of likely N-dealkylation sites (N-methyl/N-ethyl adjacent to an activating group) is 1. The monoisotopic (exact) mass is 334 g/mol. The highest BCUT2D eigenvalue weighted by molar-refractivity contribution is 6.38. The van der Waals surface area contributed by atoms with Gasteiger partial charge in [0.25, 0.3) is 0 Å². The second kappa shape index (κ2) is 6.99. The topological polar surface area (TPSA) is 110 Å². The average molecular weight is 334 g/mol. The van der Waals surface area contributed by atoms with Gasteiger partial charge in [-0.15, -0.1) is 0 Å². The minimum absolute atomic E-state index is 0.00467. The predicted octanol–water partition coefficient (Wildman–Crippen LogP) is 0.0604. The van der Waals surface area contributed by atoms with Gasteiger partial charge in [-0.2, -0.15) is 0 Å². The average Bonchev–Trinajstić information content (AvgIpc) is 2.55. The number of aromatic hydroxyl groups is 1. The van der Waals surface area contributed by atoms with Crippen molar-refractivity contribution >= 4 is 29.4 Å². The number of piperazine rings is 1. The van der Waals surface area contributed by atoms with Crippen LogP contribution in [-0.4, -0.2) is 58.3 Å². The zero-order valence-electron chi connectivity index (χ0n) is 13.4. The number of phenolic OH excluding ortho intramolecular Hbond substituents is 1. The van der Waals surface area contributed by atoms with Crippen molar-refractivity contribution < 1.29 is 24.3 Å². The van der Waals surface area contributed by atoms with Crippen LogP contribution in [0.1, 0.15) is 13.8 Å². The van der Waals surface area contributed by atoms with E-state index in [0.717, 1.165) is 9.91 Å². The second-order valence-electron chi connectivity index (χ2n) is 5.13. The van der Waals surface area contributed by atoms with Crippen molar-refractivity contribution in [2.24, 2.45) is 0 Å². The predicted molar refractivity (Wildman–Crippen MR) is 83.8 cm³/mol. The molecule has 1 saturated heterocycles. The zero-order valence-corrected chi connectivity index (χ0v) is 13.4. The number of amides is 5. The van der Waals surface area contributed by atoms with Crippen LogP contribution >= 0.6 is 0 Å². The largest absolute Gasteiger partial charge is 0.508 e. The standard InChI is InChI=1S/C15H18N4O5/c1-3-17-8-9-18(14(23)13(17)22)15(24)16-19(10(2)20)11-4-6-12(21)7-5-11/h4-7,21H,3,8-9H2,1-2H3,(H,16,24). The summed E-state index contributed by atoms with van der Waals surface area (Å²) >= 11 is 0. The summed E-state index contributed by atoms with van der Waals surface area (Å²) in [5, 5.41) is 10.2. The highest BCUT2D eigenvalue weighted by Gasteiger charge is 2.36. The number of rotatable bonds is 2. The second-order valence-corrected chi connectivity index (χ2v) is 5.13. The fourth-order valence-corrected chi connectivity index (χ4v) is 2.25. The Balaban J connectivity index is 2.14. The molecule has 1 aliphatic heterocycles. The quantitative estimate of drug-likeness (QED) is 0.587. The van der Waals surface area contributed by atoms with Crippen LogP contribution in [0, 0.1) is 0 Å². The molecule has 0 saturated carbocycles. The van der Waals surface area contributed by atoms with E-state index in [1.165, 1.54) is 36.1 Å². The Morgan fingerprint density at radius 3 is 2.33 bits per heavy atom. The lowest BCUT2D eigenvalue weighted by atomic mass is 10.3. The van der Waals surface area contributed by atoms with Crippen LogP contribution in [0.5, 0.6) is 5.75 Å². The number of phenols is 1. The fraction of sp³-hybridized carbons (Fsp3) is 0.333. The highest BCUT2D eigenvalue weighted by Crippen LogP contribution is 2.17. The van der Waals surface area contributed by atoms with E-state index >= 15 is 0 Å². The molecule has 0 spiro atoms. The van der Waals surface area contributed by atoms with Crippen LogP contribution < -0.4 is 10.4 Å². The molecule has 9 heteroatoms. The van der Waals surface area contributed by atoms with Crippen molar-refractivity contribution in [1.29, 1.82) is 0 Å². The summed E-state index contributed by atoms with van der Waals surface area (Å²) in [6.07, 6.45) is 0. The molecule has 0 atom stereocenters. The van der Waals surface area contributed by atoms with Gasteiger partial charge in [0.15, 0.2) is 0 Å². The van der Waals surface area contributed by atoms with Crippen LogP contribution in [0.3, 0.4) is 0 Å². The van der Waals surface area contributed by atoms with Crippen LogP contribution in [0.25, 0.3) is 0 Å². The number of nitrogens with one attached hydrogen (secondary N) is 1. The summed E-state index contributed by atoms with van der Waals surface area (Å²) < 4.78 is 0. The Labute approximate surface area is 138 Å². The molecule has 0 aliphatic carbocycles. The maximum atomic E-state index is 12.3. The Kier molecular flexibility index (Phi) is 5.02. The maximum absolute atomic E-state index is 12.3. The van der Waals surface area contributed by atoms with Gasteiger partial charge in [-0.3, -0.25) is 19.3 Å². The van der Waals surface area contributed by atoms with E-state index in [4.69, 9.17) is 0 Å². The first-order valence-electron chi connectivity index (χ1n) is 7.36. The third-order valence-corrected chi connectivity index (χ3v) is 3.57. The smallest absolute Gasteiger partial charge is 0.343 e. The van der Waals surface area contributed by atoms with Gasteiger partial charge in [0, 0.05) is 26.6 Å².